The lowest BCUT2D eigenvalue weighted by molar-refractivity contribution is -0.113. The van der Waals surface area contributed by atoms with Crippen molar-refractivity contribution in [1.29, 1.82) is 0 Å². The summed E-state index contributed by atoms with van der Waals surface area (Å²) in [6.45, 7) is 0. The number of aromatic nitrogens is 1. The van der Waals surface area contributed by atoms with Crippen molar-refractivity contribution >= 4 is 80.0 Å². The Bertz CT molecular complexity index is 1280. The molecule has 0 saturated heterocycles. The van der Waals surface area contributed by atoms with Gasteiger partial charge < -0.3 is 10.4 Å². The number of halogens is 2. The molecular weight excluding hydrogens is 473 g/mol. The van der Waals surface area contributed by atoms with Crippen molar-refractivity contribution in [2.24, 2.45) is 4.99 Å². The second kappa shape index (κ2) is 9.70. The van der Waals surface area contributed by atoms with Crippen LogP contribution in [0.1, 0.15) is 5.56 Å². The Labute approximate surface area is 196 Å². The number of fused-ring (bicyclic) bond motifs is 1. The first kappa shape index (κ1) is 21.6. The van der Waals surface area contributed by atoms with E-state index in [4.69, 9.17) is 23.2 Å². The number of nitrogens with zero attached hydrogens (tertiary/aromatic N) is 2. The van der Waals surface area contributed by atoms with Crippen molar-refractivity contribution in [2.75, 3.05) is 11.1 Å². The van der Waals surface area contributed by atoms with E-state index in [1.54, 1.807) is 6.07 Å². The lowest BCUT2D eigenvalue weighted by Gasteiger charge is -2.03. The number of carbonyl (C=O) groups excluding carboxylic acids is 1. The fourth-order valence-electron chi connectivity index (χ4n) is 2.71. The number of phenols is 1. The molecule has 4 rings (SSSR count). The maximum atomic E-state index is 12.1. The number of aliphatic imine (C=N–C) groups is 1. The van der Waals surface area contributed by atoms with Crippen LogP contribution in [0.2, 0.25) is 10.0 Å². The Balaban J connectivity index is 1.44. The number of nitrogens with one attached hydrogen (secondary N) is 1. The van der Waals surface area contributed by atoms with Gasteiger partial charge in [0, 0.05) is 22.5 Å². The highest BCUT2D eigenvalue weighted by atomic mass is 35.5. The first-order valence-corrected chi connectivity index (χ1v) is 11.6. The number of benzene rings is 3. The van der Waals surface area contributed by atoms with Crippen molar-refractivity contribution in [3.8, 4) is 5.75 Å². The summed E-state index contributed by atoms with van der Waals surface area (Å²) >= 11 is 14.8. The predicted octanol–water partition coefficient (Wildman–Crippen LogP) is 6.79. The van der Waals surface area contributed by atoms with Crippen LogP contribution in [0, 0.1) is 0 Å². The van der Waals surface area contributed by atoms with Crippen LogP contribution in [0.25, 0.3) is 10.2 Å². The Morgan fingerprint density at radius 2 is 1.97 bits per heavy atom. The lowest BCUT2D eigenvalue weighted by atomic mass is 10.2. The molecule has 0 aliphatic heterocycles. The van der Waals surface area contributed by atoms with Crippen LogP contribution in [-0.4, -0.2) is 28.0 Å². The van der Waals surface area contributed by atoms with Crippen molar-refractivity contribution in [3.05, 3.63) is 76.3 Å². The first-order valence-electron chi connectivity index (χ1n) is 9.08. The molecule has 5 nitrogen and oxygen atoms in total. The minimum atomic E-state index is -0.0827. The van der Waals surface area contributed by atoms with Gasteiger partial charge in [0.25, 0.3) is 0 Å². The molecule has 1 amide bonds. The van der Waals surface area contributed by atoms with Gasteiger partial charge in [-0.15, -0.1) is 11.3 Å². The molecule has 1 aromatic heterocycles. The third-order valence-electron chi connectivity index (χ3n) is 4.15. The molecule has 0 aliphatic rings. The second-order valence-electron chi connectivity index (χ2n) is 6.42. The van der Waals surface area contributed by atoms with Crippen LogP contribution in [0.4, 0.5) is 11.4 Å². The van der Waals surface area contributed by atoms with Gasteiger partial charge in [-0.3, -0.25) is 9.79 Å². The van der Waals surface area contributed by atoms with Gasteiger partial charge in [-0.1, -0.05) is 53.2 Å². The number of thiazole rings is 1. The number of phenolic OH excluding ortho intramolecular Hbond substituents is 1. The fraction of sp³-hybridized carbons (Fsp3) is 0.0455. The van der Waals surface area contributed by atoms with E-state index in [2.05, 4.69) is 15.3 Å². The number of thioether (sulfide) groups is 1. The van der Waals surface area contributed by atoms with Crippen molar-refractivity contribution in [1.82, 2.24) is 4.98 Å². The quantitative estimate of drug-likeness (QED) is 0.232. The highest BCUT2D eigenvalue weighted by Crippen LogP contribution is 2.33. The van der Waals surface area contributed by atoms with Gasteiger partial charge in [0.05, 0.1) is 26.7 Å². The standard InChI is InChI=1S/C22H15Cl2N3O2S2/c23-14-8-13(21(29)17(24)9-14)11-25-16-6-7-18-19(10-16)31-22(27-18)30-12-20(28)26-15-4-2-1-3-5-15/h1-11,29H,12H2,(H,26,28). The van der Waals surface area contributed by atoms with E-state index in [0.717, 1.165) is 20.2 Å². The molecule has 9 heteroatoms. The van der Waals surface area contributed by atoms with Crippen LogP contribution < -0.4 is 5.32 Å². The minimum absolute atomic E-state index is 0.0684. The molecule has 0 bridgehead atoms. The molecule has 0 aliphatic carbocycles. The zero-order valence-electron chi connectivity index (χ0n) is 15.9. The Hall–Kier alpha value is -2.58. The lowest BCUT2D eigenvalue weighted by Crippen LogP contribution is -2.13. The third kappa shape index (κ3) is 5.57. The Kier molecular flexibility index (Phi) is 6.77. The summed E-state index contributed by atoms with van der Waals surface area (Å²) in [5.41, 5.74) is 2.74. The molecule has 1 heterocycles. The van der Waals surface area contributed by atoms with E-state index < -0.39 is 0 Å². The average molecular weight is 488 g/mol. The van der Waals surface area contributed by atoms with Crippen LogP contribution in [0.3, 0.4) is 0 Å². The van der Waals surface area contributed by atoms with E-state index in [-0.39, 0.29) is 22.4 Å². The Morgan fingerprint density at radius 1 is 1.16 bits per heavy atom. The Morgan fingerprint density at radius 3 is 2.77 bits per heavy atom. The average Bonchev–Trinajstić information content (AvgIpc) is 3.17. The maximum absolute atomic E-state index is 12.1. The molecule has 3 aromatic carbocycles. The smallest absolute Gasteiger partial charge is 0.234 e. The van der Waals surface area contributed by atoms with Crippen LogP contribution in [-0.2, 0) is 4.79 Å². The molecule has 0 atom stereocenters. The monoisotopic (exact) mass is 487 g/mol. The van der Waals surface area contributed by atoms with Gasteiger partial charge in [0.1, 0.15) is 5.75 Å². The van der Waals surface area contributed by atoms with E-state index in [0.29, 0.717) is 16.3 Å². The zero-order valence-corrected chi connectivity index (χ0v) is 19.0. The summed E-state index contributed by atoms with van der Waals surface area (Å²) in [5.74, 6) is 0.121. The largest absolute Gasteiger partial charge is 0.506 e. The summed E-state index contributed by atoms with van der Waals surface area (Å²) in [5, 5.41) is 13.5. The number of anilines is 1. The van der Waals surface area contributed by atoms with Gasteiger partial charge in [0.15, 0.2) is 4.34 Å². The number of rotatable bonds is 6. The molecule has 0 radical (unpaired) electrons. The number of hydrogen-bond donors (Lipinski definition) is 2. The normalized spacial score (nSPS) is 11.3. The van der Waals surface area contributed by atoms with Crippen LogP contribution >= 0.6 is 46.3 Å². The summed E-state index contributed by atoms with van der Waals surface area (Å²) in [7, 11) is 0. The molecule has 0 saturated carbocycles. The number of amides is 1. The van der Waals surface area contributed by atoms with Gasteiger partial charge >= 0.3 is 0 Å². The number of aromatic hydroxyl groups is 1. The van der Waals surface area contributed by atoms with E-state index in [9.17, 15) is 9.90 Å². The van der Waals surface area contributed by atoms with Gasteiger partial charge in [-0.2, -0.15) is 0 Å². The van der Waals surface area contributed by atoms with E-state index in [1.807, 2.05) is 48.5 Å². The van der Waals surface area contributed by atoms with E-state index in [1.165, 1.54) is 35.4 Å². The second-order valence-corrected chi connectivity index (χ2v) is 9.52. The molecule has 31 heavy (non-hydrogen) atoms. The van der Waals surface area contributed by atoms with Crippen LogP contribution in [0.15, 0.2) is 70.0 Å². The summed E-state index contributed by atoms with van der Waals surface area (Å²) in [6.07, 6.45) is 1.51. The summed E-state index contributed by atoms with van der Waals surface area (Å²) < 4.78 is 1.76. The van der Waals surface area contributed by atoms with Crippen molar-refractivity contribution in [2.45, 2.75) is 4.34 Å². The van der Waals surface area contributed by atoms with Gasteiger partial charge in [0.2, 0.25) is 5.91 Å². The number of hydrogen-bond acceptors (Lipinski definition) is 6. The number of para-hydroxylation sites is 1. The number of carbonyl (C=O) groups is 1. The highest BCUT2D eigenvalue weighted by Gasteiger charge is 2.09. The third-order valence-corrected chi connectivity index (χ3v) is 6.81. The molecule has 0 unspecified atom stereocenters. The molecule has 4 aromatic rings. The van der Waals surface area contributed by atoms with Gasteiger partial charge in [-0.25, -0.2) is 4.98 Å². The van der Waals surface area contributed by atoms with Crippen molar-refractivity contribution in [3.63, 3.8) is 0 Å². The molecule has 0 spiro atoms. The zero-order chi connectivity index (χ0) is 21.8. The van der Waals surface area contributed by atoms with E-state index >= 15 is 0 Å². The SMILES string of the molecule is O=C(CSc1nc2ccc(N=Cc3cc(Cl)cc(Cl)c3O)cc2s1)Nc1ccccc1. The first-order chi connectivity index (χ1) is 15.0. The minimum Gasteiger partial charge on any atom is -0.506 e. The predicted molar refractivity (Wildman–Crippen MR) is 131 cm³/mol. The maximum Gasteiger partial charge on any atom is 0.234 e. The fourth-order valence-corrected chi connectivity index (χ4v) is 5.12. The summed E-state index contributed by atoms with van der Waals surface area (Å²) in [4.78, 5) is 21.1. The molecule has 156 valence electrons. The molecule has 0 fully saturated rings. The molecular formula is C22H15Cl2N3O2S2. The van der Waals surface area contributed by atoms with Crippen molar-refractivity contribution < 1.29 is 9.90 Å². The highest BCUT2D eigenvalue weighted by molar-refractivity contribution is 8.01. The topological polar surface area (TPSA) is 74.6 Å². The van der Waals surface area contributed by atoms with Crippen LogP contribution in [0.5, 0.6) is 5.75 Å². The van der Waals surface area contributed by atoms with Gasteiger partial charge in [-0.05, 0) is 42.5 Å². The molecule has 2 N–H and O–H groups in total. The summed E-state index contributed by atoms with van der Waals surface area (Å²) in [6, 6.07) is 18.0.